The van der Waals surface area contributed by atoms with E-state index in [1.165, 1.54) is 0 Å². The van der Waals surface area contributed by atoms with Crippen molar-refractivity contribution in [3.63, 3.8) is 0 Å². The number of sulfonamides is 1. The van der Waals surface area contributed by atoms with Gasteiger partial charge in [-0.25, -0.2) is 13.1 Å². The highest BCUT2D eigenvalue weighted by Crippen LogP contribution is 2.24. The van der Waals surface area contributed by atoms with Crippen molar-refractivity contribution in [3.8, 4) is 0 Å². The van der Waals surface area contributed by atoms with Gasteiger partial charge < -0.3 is 0 Å². The maximum atomic E-state index is 11.7. The summed E-state index contributed by atoms with van der Waals surface area (Å²) < 4.78 is 26.0. The van der Waals surface area contributed by atoms with Gasteiger partial charge in [0.05, 0.1) is 4.90 Å². The first-order valence-electron chi connectivity index (χ1n) is 5.13. The SMILES string of the molecule is CC(C)c1ccc2c(c1)S(=O)(=O)NCC2. The minimum Gasteiger partial charge on any atom is -0.211 e. The Labute approximate surface area is 90.6 Å². The normalized spacial score (nSPS) is 18.9. The summed E-state index contributed by atoms with van der Waals surface area (Å²) in [5.41, 5.74) is 2.00. The van der Waals surface area contributed by atoms with Gasteiger partial charge in [0.25, 0.3) is 0 Å². The van der Waals surface area contributed by atoms with Crippen molar-refractivity contribution < 1.29 is 8.42 Å². The first-order chi connectivity index (χ1) is 7.00. The van der Waals surface area contributed by atoms with E-state index in [1.807, 2.05) is 12.1 Å². The van der Waals surface area contributed by atoms with E-state index in [0.717, 1.165) is 17.5 Å². The quantitative estimate of drug-likeness (QED) is 0.790. The van der Waals surface area contributed by atoms with Gasteiger partial charge in [-0.2, -0.15) is 0 Å². The summed E-state index contributed by atoms with van der Waals surface area (Å²) >= 11 is 0. The molecule has 1 aromatic carbocycles. The molecule has 0 bridgehead atoms. The molecular formula is C11H15NO2S. The van der Waals surface area contributed by atoms with Gasteiger partial charge in [-0.05, 0) is 29.5 Å². The molecule has 0 aliphatic carbocycles. The van der Waals surface area contributed by atoms with Crippen molar-refractivity contribution in [3.05, 3.63) is 29.3 Å². The largest absolute Gasteiger partial charge is 0.240 e. The molecular weight excluding hydrogens is 210 g/mol. The van der Waals surface area contributed by atoms with Crippen LogP contribution in [-0.2, 0) is 16.4 Å². The lowest BCUT2D eigenvalue weighted by atomic mass is 10.0. The minimum absolute atomic E-state index is 0.354. The van der Waals surface area contributed by atoms with Gasteiger partial charge in [-0.1, -0.05) is 26.0 Å². The maximum Gasteiger partial charge on any atom is 0.240 e. The van der Waals surface area contributed by atoms with Crippen LogP contribution in [0, 0.1) is 0 Å². The average Bonchev–Trinajstić information content (AvgIpc) is 2.17. The van der Waals surface area contributed by atoms with E-state index in [4.69, 9.17) is 0 Å². The van der Waals surface area contributed by atoms with E-state index < -0.39 is 10.0 Å². The van der Waals surface area contributed by atoms with E-state index in [1.54, 1.807) is 6.07 Å². The molecule has 1 heterocycles. The molecule has 0 spiro atoms. The van der Waals surface area contributed by atoms with Crippen LogP contribution >= 0.6 is 0 Å². The molecule has 0 atom stereocenters. The second-order valence-electron chi connectivity index (χ2n) is 4.17. The van der Waals surface area contributed by atoms with Gasteiger partial charge in [-0.15, -0.1) is 0 Å². The van der Waals surface area contributed by atoms with Gasteiger partial charge in [0, 0.05) is 6.54 Å². The van der Waals surface area contributed by atoms with Crippen LogP contribution in [0.15, 0.2) is 23.1 Å². The topological polar surface area (TPSA) is 46.2 Å². The summed E-state index contributed by atoms with van der Waals surface area (Å²) in [5, 5.41) is 0. The molecule has 0 fully saturated rings. The van der Waals surface area contributed by atoms with Crippen molar-refractivity contribution >= 4 is 10.0 Å². The monoisotopic (exact) mass is 225 g/mol. The number of benzene rings is 1. The molecule has 15 heavy (non-hydrogen) atoms. The van der Waals surface area contributed by atoms with Crippen molar-refractivity contribution in [2.45, 2.75) is 31.1 Å². The minimum atomic E-state index is -3.25. The number of hydrogen-bond acceptors (Lipinski definition) is 2. The Bertz CT molecular complexity index is 477. The molecule has 1 aliphatic heterocycles. The van der Waals surface area contributed by atoms with Crippen molar-refractivity contribution in [2.24, 2.45) is 0 Å². The molecule has 0 radical (unpaired) electrons. The molecule has 0 amide bonds. The third-order valence-electron chi connectivity index (χ3n) is 2.73. The summed E-state index contributed by atoms with van der Waals surface area (Å²) in [6.07, 6.45) is 0.785. The third kappa shape index (κ3) is 1.92. The molecule has 0 unspecified atom stereocenters. The van der Waals surface area contributed by atoms with E-state index >= 15 is 0 Å². The van der Waals surface area contributed by atoms with Crippen LogP contribution < -0.4 is 4.72 Å². The summed E-state index contributed by atoms with van der Waals surface area (Å²) in [6, 6.07) is 5.74. The van der Waals surface area contributed by atoms with Crippen molar-refractivity contribution in [1.82, 2.24) is 4.72 Å². The predicted octanol–water partition coefficient (Wildman–Crippen LogP) is 1.64. The molecule has 0 saturated carbocycles. The Morgan fingerprint density at radius 2 is 2.07 bits per heavy atom. The zero-order chi connectivity index (χ0) is 11.1. The molecule has 0 aromatic heterocycles. The van der Waals surface area contributed by atoms with Crippen LogP contribution in [0.4, 0.5) is 0 Å². The lowest BCUT2D eigenvalue weighted by molar-refractivity contribution is 0.573. The lowest BCUT2D eigenvalue weighted by Crippen LogP contribution is -2.31. The number of rotatable bonds is 1. The Hall–Kier alpha value is -0.870. The van der Waals surface area contributed by atoms with E-state index in [0.29, 0.717) is 17.4 Å². The van der Waals surface area contributed by atoms with E-state index in [2.05, 4.69) is 18.6 Å². The predicted molar refractivity (Wildman–Crippen MR) is 59.4 cm³/mol. The Kier molecular flexibility index (Phi) is 2.56. The van der Waals surface area contributed by atoms with E-state index in [-0.39, 0.29) is 0 Å². The Balaban J connectivity index is 2.59. The molecule has 82 valence electrons. The summed E-state index contributed by atoms with van der Waals surface area (Å²) in [5.74, 6) is 0.354. The average molecular weight is 225 g/mol. The van der Waals surface area contributed by atoms with Gasteiger partial charge in [-0.3, -0.25) is 0 Å². The van der Waals surface area contributed by atoms with Gasteiger partial charge in [0.15, 0.2) is 0 Å². The molecule has 0 saturated heterocycles. The first-order valence-corrected chi connectivity index (χ1v) is 6.61. The molecule has 4 heteroatoms. The molecule has 1 aromatic rings. The zero-order valence-corrected chi connectivity index (χ0v) is 9.76. The van der Waals surface area contributed by atoms with Crippen LogP contribution in [0.1, 0.15) is 30.9 Å². The van der Waals surface area contributed by atoms with Crippen LogP contribution in [0.2, 0.25) is 0 Å². The summed E-state index contributed by atoms with van der Waals surface area (Å²) in [4.78, 5) is 0.458. The second-order valence-corrected chi connectivity index (χ2v) is 5.91. The highest BCUT2D eigenvalue weighted by Gasteiger charge is 2.23. The molecule has 1 N–H and O–H groups in total. The van der Waals surface area contributed by atoms with Gasteiger partial charge >= 0.3 is 0 Å². The van der Waals surface area contributed by atoms with Crippen LogP contribution in [0.5, 0.6) is 0 Å². The third-order valence-corrected chi connectivity index (χ3v) is 4.28. The molecule has 3 nitrogen and oxygen atoms in total. The molecule has 1 aliphatic rings. The summed E-state index contributed by atoms with van der Waals surface area (Å²) in [7, 11) is -3.25. The maximum absolute atomic E-state index is 11.7. The number of nitrogens with one attached hydrogen (secondary N) is 1. The van der Waals surface area contributed by atoms with Crippen molar-refractivity contribution in [2.75, 3.05) is 6.54 Å². The van der Waals surface area contributed by atoms with Crippen molar-refractivity contribution in [1.29, 1.82) is 0 Å². The highest BCUT2D eigenvalue weighted by molar-refractivity contribution is 7.89. The fourth-order valence-electron chi connectivity index (χ4n) is 1.78. The number of hydrogen-bond donors (Lipinski definition) is 1. The standard InChI is InChI=1S/C11H15NO2S/c1-8(2)10-4-3-9-5-6-12-15(13,14)11(9)7-10/h3-4,7-8,12H,5-6H2,1-2H3. The smallest absolute Gasteiger partial charge is 0.211 e. The van der Waals surface area contributed by atoms with E-state index in [9.17, 15) is 8.42 Å². The Morgan fingerprint density at radius 3 is 2.73 bits per heavy atom. The lowest BCUT2D eigenvalue weighted by Gasteiger charge is -2.18. The number of fused-ring (bicyclic) bond motifs is 1. The van der Waals surface area contributed by atoms with Gasteiger partial charge in [0.1, 0.15) is 0 Å². The van der Waals surface area contributed by atoms with Crippen LogP contribution in [-0.4, -0.2) is 15.0 Å². The first kappa shape index (κ1) is 10.6. The molecule has 2 rings (SSSR count). The zero-order valence-electron chi connectivity index (χ0n) is 8.95. The fraction of sp³-hybridized carbons (Fsp3) is 0.455. The van der Waals surface area contributed by atoms with Crippen LogP contribution in [0.3, 0.4) is 0 Å². The highest BCUT2D eigenvalue weighted by atomic mass is 32.2. The van der Waals surface area contributed by atoms with Crippen LogP contribution in [0.25, 0.3) is 0 Å². The second kappa shape index (κ2) is 3.61. The van der Waals surface area contributed by atoms with Gasteiger partial charge in [0.2, 0.25) is 10.0 Å². The fourth-order valence-corrected chi connectivity index (χ4v) is 3.12. The Morgan fingerprint density at radius 1 is 1.33 bits per heavy atom. The summed E-state index contributed by atoms with van der Waals surface area (Å²) in [6.45, 7) is 4.63.